The van der Waals surface area contributed by atoms with Gasteiger partial charge < -0.3 is 9.80 Å². The van der Waals surface area contributed by atoms with Crippen molar-refractivity contribution in [3.8, 4) is 11.6 Å². The molecule has 1 fully saturated rings. The van der Waals surface area contributed by atoms with E-state index >= 15 is 0 Å². The van der Waals surface area contributed by atoms with Crippen LogP contribution in [0.4, 0.5) is 24.7 Å². The van der Waals surface area contributed by atoms with E-state index in [2.05, 4.69) is 24.9 Å². The number of nitrogens with zero attached hydrogens (tertiary/aromatic N) is 7. The van der Waals surface area contributed by atoms with Gasteiger partial charge in [-0.15, -0.1) is 0 Å². The Morgan fingerprint density at radius 3 is 2.53 bits per heavy atom. The number of hydrogen-bond acceptors (Lipinski definition) is 7. The van der Waals surface area contributed by atoms with Crippen LogP contribution in [-0.4, -0.2) is 50.5 Å². The van der Waals surface area contributed by atoms with E-state index in [0.717, 1.165) is 11.3 Å². The van der Waals surface area contributed by atoms with Crippen LogP contribution in [0.5, 0.6) is 0 Å². The molecule has 0 aromatic carbocycles. The molecule has 154 valence electrons. The van der Waals surface area contributed by atoms with Crippen LogP contribution in [0.25, 0.3) is 11.6 Å². The van der Waals surface area contributed by atoms with Crippen LogP contribution in [0.15, 0.2) is 36.8 Å². The molecule has 7 nitrogen and oxygen atoms in total. The Labute approximate surface area is 170 Å². The van der Waals surface area contributed by atoms with E-state index in [4.69, 9.17) is 0 Å². The molecule has 10 heteroatoms. The Morgan fingerprint density at radius 1 is 1.03 bits per heavy atom. The van der Waals surface area contributed by atoms with Gasteiger partial charge in [-0.3, -0.25) is 0 Å². The van der Waals surface area contributed by atoms with Crippen molar-refractivity contribution >= 4 is 11.5 Å². The summed E-state index contributed by atoms with van der Waals surface area (Å²) in [6.45, 7) is 1.70. The predicted octanol–water partition coefficient (Wildman–Crippen LogP) is 3.05. The zero-order valence-electron chi connectivity index (χ0n) is 16.1. The highest BCUT2D eigenvalue weighted by atomic mass is 19.3. The lowest BCUT2D eigenvalue weighted by molar-refractivity contribution is -0.0263. The summed E-state index contributed by atoms with van der Waals surface area (Å²) in [6.07, 6.45) is 5.62. The molecule has 0 spiro atoms. The van der Waals surface area contributed by atoms with Crippen LogP contribution >= 0.6 is 0 Å². The fourth-order valence-electron chi connectivity index (χ4n) is 3.89. The molecule has 0 saturated carbocycles. The maximum absolute atomic E-state index is 14.2. The first kappa shape index (κ1) is 18.7. The van der Waals surface area contributed by atoms with E-state index in [1.54, 1.807) is 30.7 Å². The molecule has 1 atom stereocenters. The molecule has 0 N–H and O–H groups in total. The second-order valence-electron chi connectivity index (χ2n) is 7.51. The normalized spacial score (nSPS) is 19.9. The molecule has 0 radical (unpaired) electrons. The number of rotatable bonds is 3. The van der Waals surface area contributed by atoms with Crippen molar-refractivity contribution in [3.63, 3.8) is 0 Å². The van der Waals surface area contributed by atoms with Crippen molar-refractivity contribution in [2.45, 2.75) is 25.3 Å². The molecule has 2 aliphatic rings. The van der Waals surface area contributed by atoms with Gasteiger partial charge in [0, 0.05) is 54.9 Å². The first-order valence-corrected chi connectivity index (χ1v) is 9.60. The van der Waals surface area contributed by atoms with Gasteiger partial charge in [0.05, 0.1) is 24.8 Å². The minimum Gasteiger partial charge on any atom is -0.359 e. The first-order valence-electron chi connectivity index (χ1n) is 9.60. The third-order valence-corrected chi connectivity index (χ3v) is 5.44. The Hall–Kier alpha value is -3.30. The SMILES string of the molecule is CC1c2cnc(-c3ncccn3)nc2CCN1c1cc(N2CC(F)(F)C2)cc(F)n1. The van der Waals surface area contributed by atoms with Crippen LogP contribution in [0.2, 0.25) is 0 Å². The van der Waals surface area contributed by atoms with Gasteiger partial charge >= 0.3 is 0 Å². The largest absolute Gasteiger partial charge is 0.359 e. The van der Waals surface area contributed by atoms with Gasteiger partial charge in [0.25, 0.3) is 5.92 Å². The topological polar surface area (TPSA) is 70.9 Å². The van der Waals surface area contributed by atoms with Gasteiger partial charge in [0.2, 0.25) is 5.95 Å². The fourth-order valence-corrected chi connectivity index (χ4v) is 3.89. The molecule has 0 amide bonds. The molecule has 1 unspecified atom stereocenters. The summed E-state index contributed by atoms with van der Waals surface area (Å²) in [4.78, 5) is 24.8. The molecule has 0 aliphatic carbocycles. The van der Waals surface area contributed by atoms with Gasteiger partial charge in [-0.2, -0.15) is 4.39 Å². The highest BCUT2D eigenvalue weighted by Crippen LogP contribution is 2.36. The Morgan fingerprint density at radius 2 is 1.80 bits per heavy atom. The first-order chi connectivity index (χ1) is 14.4. The van der Waals surface area contributed by atoms with Gasteiger partial charge in [0.1, 0.15) is 5.82 Å². The van der Waals surface area contributed by atoms with Crippen molar-refractivity contribution in [1.82, 2.24) is 24.9 Å². The number of aromatic nitrogens is 5. The summed E-state index contributed by atoms with van der Waals surface area (Å²) < 4.78 is 40.6. The molecule has 3 aromatic heterocycles. The molecule has 1 saturated heterocycles. The third kappa shape index (κ3) is 3.31. The number of hydrogen-bond donors (Lipinski definition) is 0. The van der Waals surface area contributed by atoms with Gasteiger partial charge in [-0.25, -0.2) is 33.7 Å². The average Bonchev–Trinajstić information content (AvgIpc) is 2.72. The number of alkyl halides is 2. The smallest absolute Gasteiger partial charge is 0.282 e. The number of halogens is 3. The van der Waals surface area contributed by atoms with E-state index < -0.39 is 25.0 Å². The summed E-state index contributed by atoms with van der Waals surface area (Å²) in [7, 11) is 0. The summed E-state index contributed by atoms with van der Waals surface area (Å²) in [6, 6.07) is 4.42. The predicted molar refractivity (Wildman–Crippen MR) is 104 cm³/mol. The molecule has 30 heavy (non-hydrogen) atoms. The Balaban J connectivity index is 1.43. The third-order valence-electron chi connectivity index (χ3n) is 5.44. The zero-order chi connectivity index (χ0) is 20.9. The van der Waals surface area contributed by atoms with Crippen LogP contribution in [0.1, 0.15) is 24.2 Å². The lowest BCUT2D eigenvalue weighted by Gasteiger charge is -2.41. The standard InChI is InChI=1S/C20H18F3N7/c1-12-14-9-26-19(18-24-4-2-5-25-18)27-15(14)3-6-30(12)17-8-13(7-16(21)28-17)29-10-20(22,23)11-29/h2,4-5,7-9,12H,3,6,10-11H2,1H3. The fraction of sp³-hybridized carbons (Fsp3) is 0.350. The minimum atomic E-state index is -2.73. The molecule has 2 aliphatic heterocycles. The van der Waals surface area contributed by atoms with E-state index in [-0.39, 0.29) is 6.04 Å². The molecular formula is C20H18F3N7. The van der Waals surface area contributed by atoms with Crippen LogP contribution in [0.3, 0.4) is 0 Å². The van der Waals surface area contributed by atoms with Crippen LogP contribution in [0, 0.1) is 5.95 Å². The molecule has 5 rings (SSSR count). The molecule has 0 bridgehead atoms. The zero-order valence-corrected chi connectivity index (χ0v) is 16.1. The van der Waals surface area contributed by atoms with E-state index in [1.165, 1.54) is 11.0 Å². The number of fused-ring (bicyclic) bond motifs is 1. The summed E-state index contributed by atoms with van der Waals surface area (Å²) in [5.74, 6) is -2.09. The maximum Gasteiger partial charge on any atom is 0.282 e. The number of anilines is 2. The maximum atomic E-state index is 14.2. The van der Waals surface area contributed by atoms with Crippen molar-refractivity contribution in [2.75, 3.05) is 29.4 Å². The summed E-state index contributed by atoms with van der Waals surface area (Å²) in [5, 5.41) is 0. The lowest BCUT2D eigenvalue weighted by Crippen LogP contribution is -2.56. The molecular weight excluding hydrogens is 395 g/mol. The second-order valence-corrected chi connectivity index (χ2v) is 7.51. The summed E-state index contributed by atoms with van der Waals surface area (Å²) in [5.41, 5.74) is 2.20. The average molecular weight is 413 g/mol. The monoisotopic (exact) mass is 413 g/mol. The Kier molecular flexibility index (Phi) is 4.30. The van der Waals surface area contributed by atoms with Gasteiger partial charge in [-0.1, -0.05) is 0 Å². The van der Waals surface area contributed by atoms with Gasteiger partial charge in [0.15, 0.2) is 11.6 Å². The minimum absolute atomic E-state index is 0.153. The quantitative estimate of drug-likeness (QED) is 0.611. The lowest BCUT2D eigenvalue weighted by atomic mass is 9.99. The van der Waals surface area contributed by atoms with E-state index in [9.17, 15) is 13.2 Å². The highest BCUT2D eigenvalue weighted by Gasteiger charge is 2.44. The summed E-state index contributed by atoms with van der Waals surface area (Å²) >= 11 is 0. The highest BCUT2D eigenvalue weighted by molar-refractivity contribution is 5.59. The van der Waals surface area contributed by atoms with Crippen LogP contribution in [-0.2, 0) is 6.42 Å². The van der Waals surface area contributed by atoms with Crippen molar-refractivity contribution in [3.05, 3.63) is 54.0 Å². The van der Waals surface area contributed by atoms with Gasteiger partial charge in [-0.05, 0) is 13.0 Å². The van der Waals surface area contributed by atoms with Crippen molar-refractivity contribution < 1.29 is 13.2 Å². The molecule has 3 aromatic rings. The second kappa shape index (κ2) is 6.89. The van der Waals surface area contributed by atoms with Crippen molar-refractivity contribution in [2.24, 2.45) is 0 Å². The molecule has 5 heterocycles. The number of pyridine rings is 1. The van der Waals surface area contributed by atoms with Crippen molar-refractivity contribution in [1.29, 1.82) is 0 Å². The van der Waals surface area contributed by atoms with E-state index in [1.807, 2.05) is 11.8 Å². The van der Waals surface area contributed by atoms with E-state index in [0.29, 0.717) is 36.1 Å². The Bertz CT molecular complexity index is 1090. The van der Waals surface area contributed by atoms with Crippen LogP contribution < -0.4 is 9.80 Å².